The molecule has 390 valence electrons. The standard InChI is InChI=1S/C51H33N3O22S/c55-25-17(16-11-5-10-15-14-9-4-8-13(47(14)77-48(15)16)12-6-2-1-3-7-12)26(56)40(70)39(69)22(25)49-52-50(23-35(65)27(57)18(28(58)36(23)66)20-31(61)41(71)45(75)42(72)32(20)62)54-51(53-49)24-37(67)29(59)19(30(60)38(24)68)21-33(63)43(73)46(76)44(74)34(21)64/h1-11,55-76H. The Balaban J connectivity index is 1.28. The van der Waals surface area contributed by atoms with E-state index < -0.39 is 188 Å². The summed E-state index contributed by atoms with van der Waals surface area (Å²) in [7, 11) is 0. The Morgan fingerprint density at radius 2 is 0.481 bits per heavy atom. The molecule has 8 aromatic carbocycles. The molecule has 0 saturated heterocycles. The first-order valence-electron chi connectivity index (χ1n) is 21.6. The molecule has 0 aliphatic heterocycles. The van der Waals surface area contributed by atoms with Crippen LogP contribution in [-0.4, -0.2) is 127 Å². The van der Waals surface area contributed by atoms with Gasteiger partial charge in [-0.1, -0.05) is 66.7 Å². The van der Waals surface area contributed by atoms with Gasteiger partial charge < -0.3 is 112 Å². The zero-order chi connectivity index (χ0) is 55.7. The van der Waals surface area contributed by atoms with Gasteiger partial charge in [0.05, 0.1) is 27.8 Å². The normalized spacial score (nSPS) is 11.5. The number of hydrogen-bond donors (Lipinski definition) is 22. The largest absolute Gasteiger partial charge is 0.506 e. The van der Waals surface area contributed by atoms with E-state index in [4.69, 9.17) is 0 Å². The van der Waals surface area contributed by atoms with E-state index in [1.807, 2.05) is 42.5 Å². The Morgan fingerprint density at radius 3 is 0.857 bits per heavy atom. The summed E-state index contributed by atoms with van der Waals surface area (Å²) in [6, 6.07) is 19.4. The lowest BCUT2D eigenvalue weighted by Gasteiger charge is -2.20. The van der Waals surface area contributed by atoms with Crippen molar-refractivity contribution in [1.29, 1.82) is 0 Å². The number of thiophene rings is 1. The molecule has 2 aromatic heterocycles. The first-order chi connectivity index (χ1) is 36.4. The summed E-state index contributed by atoms with van der Waals surface area (Å²) in [5, 5.41) is 244. The third-order valence-corrected chi connectivity index (χ3v) is 13.9. The SMILES string of the molecule is Oc1c(O)c(O)c(-c2c(O)c(O)c(-c3nc(-c4c(O)c(O)c(-c5c(O)c(O)c(O)c(O)c5O)c(O)c4O)nc(-c4c(O)c(O)c(O)c(-c5cccc6c5sc5c(-c7ccccc7)cccc56)c4O)n3)c(O)c2O)c(O)c1O. The number of phenolic OH excluding ortho intramolecular Hbond substituents is 22. The lowest BCUT2D eigenvalue weighted by atomic mass is 9.95. The van der Waals surface area contributed by atoms with Gasteiger partial charge in [0.2, 0.25) is 40.2 Å². The highest BCUT2D eigenvalue weighted by molar-refractivity contribution is 7.26. The third kappa shape index (κ3) is 6.82. The summed E-state index contributed by atoms with van der Waals surface area (Å²) in [4.78, 5) is 12.0. The number of fused-ring (bicyclic) bond motifs is 3. The van der Waals surface area contributed by atoms with Crippen LogP contribution in [0.4, 0.5) is 0 Å². The summed E-state index contributed by atoms with van der Waals surface area (Å²) in [5.41, 5.74) is -8.18. The Labute approximate surface area is 429 Å². The lowest BCUT2D eigenvalue weighted by Crippen LogP contribution is -2.03. The topological polar surface area (TPSA) is 484 Å². The first-order valence-corrected chi connectivity index (χ1v) is 22.4. The van der Waals surface area contributed by atoms with Crippen LogP contribution in [0.3, 0.4) is 0 Å². The molecule has 25 nitrogen and oxygen atoms in total. The van der Waals surface area contributed by atoms with Crippen molar-refractivity contribution in [2.24, 2.45) is 0 Å². The van der Waals surface area contributed by atoms with Crippen molar-refractivity contribution in [3.05, 3.63) is 66.7 Å². The molecule has 0 bridgehead atoms. The molecule has 26 heteroatoms. The Hall–Kier alpha value is -11.4. The quantitative estimate of drug-likeness (QED) is 0.0544. The number of hydrogen-bond acceptors (Lipinski definition) is 26. The second kappa shape index (κ2) is 17.1. The Morgan fingerprint density at radius 1 is 0.221 bits per heavy atom. The number of phenols is 22. The molecule has 0 aliphatic carbocycles. The molecule has 0 aliphatic rings. The van der Waals surface area contributed by atoms with Gasteiger partial charge in [0.15, 0.2) is 98.0 Å². The minimum Gasteiger partial charge on any atom is -0.506 e. The maximum absolute atomic E-state index is 12.3. The van der Waals surface area contributed by atoms with Crippen molar-refractivity contribution in [3.63, 3.8) is 0 Å². The van der Waals surface area contributed by atoms with E-state index in [1.165, 1.54) is 23.5 Å². The average molecular weight is 1070 g/mol. The van der Waals surface area contributed by atoms with E-state index >= 15 is 0 Å². The zero-order valence-electron chi connectivity index (χ0n) is 37.9. The summed E-state index contributed by atoms with van der Waals surface area (Å²) in [5.74, 6) is -37.7. The van der Waals surface area contributed by atoms with Crippen LogP contribution in [0.15, 0.2) is 66.7 Å². The molecular weight excluding hydrogens is 1040 g/mol. The molecule has 0 spiro atoms. The predicted octanol–water partition coefficient (Wildman–Crippen LogP) is 7.43. The molecule has 0 fully saturated rings. The van der Waals surface area contributed by atoms with E-state index in [2.05, 4.69) is 15.0 Å². The number of benzene rings is 8. The molecule has 77 heavy (non-hydrogen) atoms. The maximum Gasteiger partial charge on any atom is 0.208 e. The van der Waals surface area contributed by atoms with Gasteiger partial charge in [-0.15, -0.1) is 11.3 Å². The predicted molar refractivity (Wildman–Crippen MR) is 267 cm³/mol. The molecule has 10 rings (SSSR count). The summed E-state index contributed by atoms with van der Waals surface area (Å²) in [6.07, 6.45) is 0. The fourth-order valence-electron chi connectivity index (χ4n) is 8.88. The molecule has 0 radical (unpaired) electrons. The van der Waals surface area contributed by atoms with Crippen LogP contribution in [-0.2, 0) is 0 Å². The van der Waals surface area contributed by atoms with Crippen LogP contribution in [0.2, 0.25) is 0 Å². The molecule has 10 aromatic rings. The number of rotatable bonds is 7. The minimum absolute atomic E-state index is 0.000767. The molecule has 2 heterocycles. The highest BCUT2D eigenvalue weighted by atomic mass is 32.1. The number of nitrogens with zero attached hydrogens (tertiary/aromatic N) is 3. The van der Waals surface area contributed by atoms with E-state index in [-0.39, 0.29) is 5.56 Å². The van der Waals surface area contributed by atoms with E-state index in [0.29, 0.717) is 15.5 Å². The van der Waals surface area contributed by atoms with Crippen LogP contribution in [0, 0.1) is 0 Å². The maximum atomic E-state index is 12.3. The van der Waals surface area contributed by atoms with Gasteiger partial charge in [-0.05, 0) is 11.1 Å². The fourth-order valence-corrected chi connectivity index (χ4v) is 10.2. The summed E-state index contributed by atoms with van der Waals surface area (Å²) in [6.45, 7) is 0. The number of aromatic hydroxyl groups is 22. The Kier molecular flexibility index (Phi) is 10.9. The molecule has 0 saturated carbocycles. The van der Waals surface area contributed by atoms with E-state index in [1.54, 1.807) is 12.1 Å². The molecule has 0 amide bonds. The van der Waals surface area contributed by atoms with Gasteiger partial charge in [-0.2, -0.15) is 0 Å². The third-order valence-electron chi connectivity index (χ3n) is 12.6. The van der Waals surface area contributed by atoms with Crippen molar-refractivity contribution in [2.75, 3.05) is 0 Å². The second-order valence-corrected chi connectivity index (χ2v) is 17.8. The van der Waals surface area contributed by atoms with Gasteiger partial charge in [-0.25, -0.2) is 15.0 Å². The molecule has 0 atom stereocenters. The van der Waals surface area contributed by atoms with Crippen LogP contribution in [0.1, 0.15) is 0 Å². The molecule has 0 unspecified atom stereocenters. The van der Waals surface area contributed by atoms with Gasteiger partial charge in [0.25, 0.3) is 0 Å². The first kappa shape index (κ1) is 49.2. The summed E-state index contributed by atoms with van der Waals surface area (Å²) >= 11 is 1.20. The number of aromatic nitrogens is 3. The van der Waals surface area contributed by atoms with Crippen molar-refractivity contribution < 1.29 is 112 Å². The van der Waals surface area contributed by atoms with Crippen LogP contribution in [0.5, 0.6) is 126 Å². The Bertz CT molecular complexity index is 3990. The van der Waals surface area contributed by atoms with E-state index in [0.717, 1.165) is 15.8 Å². The minimum atomic E-state index is -1.67. The highest BCUT2D eigenvalue weighted by Crippen LogP contribution is 2.65. The highest BCUT2D eigenvalue weighted by Gasteiger charge is 2.38. The van der Waals surface area contributed by atoms with Crippen LogP contribution < -0.4 is 0 Å². The smallest absolute Gasteiger partial charge is 0.208 e. The monoisotopic (exact) mass is 1070 g/mol. The van der Waals surface area contributed by atoms with Crippen molar-refractivity contribution in [1.82, 2.24) is 15.0 Å². The van der Waals surface area contributed by atoms with Crippen LogP contribution in [0.25, 0.3) is 98.8 Å². The fraction of sp³-hybridized carbons (Fsp3) is 0. The average Bonchev–Trinajstić information content (AvgIpc) is 3.84. The summed E-state index contributed by atoms with van der Waals surface area (Å²) < 4.78 is 1.12. The van der Waals surface area contributed by atoms with E-state index in [9.17, 15) is 112 Å². The van der Waals surface area contributed by atoms with Crippen molar-refractivity contribution in [2.45, 2.75) is 0 Å². The van der Waals surface area contributed by atoms with Crippen LogP contribution >= 0.6 is 11.3 Å². The molecular formula is C51H33N3O22S. The van der Waals surface area contributed by atoms with Gasteiger partial charge >= 0.3 is 0 Å². The van der Waals surface area contributed by atoms with Gasteiger partial charge in [-0.3, -0.25) is 0 Å². The van der Waals surface area contributed by atoms with Crippen molar-refractivity contribution in [3.8, 4) is 205 Å². The van der Waals surface area contributed by atoms with Gasteiger partial charge in [0, 0.05) is 25.7 Å². The van der Waals surface area contributed by atoms with Gasteiger partial charge in [0.1, 0.15) is 22.4 Å². The molecule has 22 N–H and O–H groups in total. The zero-order valence-corrected chi connectivity index (χ0v) is 38.8. The second-order valence-electron chi connectivity index (χ2n) is 16.8. The lowest BCUT2D eigenvalue weighted by molar-refractivity contribution is 0.329. The van der Waals surface area contributed by atoms with Crippen molar-refractivity contribution >= 4 is 31.5 Å².